The maximum atomic E-state index is 3.78. The van der Waals surface area contributed by atoms with Gasteiger partial charge in [0.2, 0.25) is 0 Å². The van der Waals surface area contributed by atoms with Crippen LogP contribution in [0.25, 0.3) is 0 Å². The van der Waals surface area contributed by atoms with Crippen molar-refractivity contribution in [3.05, 3.63) is 30.6 Å². The molecule has 0 amide bonds. The van der Waals surface area contributed by atoms with Crippen LogP contribution in [0.4, 0.5) is 0 Å². The van der Waals surface area contributed by atoms with Crippen LogP contribution in [0.3, 0.4) is 0 Å². The fourth-order valence-electron chi connectivity index (χ4n) is 0.313. The van der Waals surface area contributed by atoms with E-state index in [1.807, 2.05) is 32.0 Å². The van der Waals surface area contributed by atoms with Gasteiger partial charge in [0.1, 0.15) is 0 Å². The van der Waals surface area contributed by atoms with Gasteiger partial charge in [-0.25, -0.2) is 0 Å². The van der Waals surface area contributed by atoms with Crippen LogP contribution < -0.4 is 0 Å². The number of hydrogen-bond donors (Lipinski definition) is 0. The Morgan fingerprint density at radius 1 is 0.889 bits per heavy atom. The van der Waals surface area contributed by atoms with E-state index in [4.69, 9.17) is 0 Å². The molecule has 3 radical (unpaired) electrons. The first-order chi connectivity index (χ1) is 4.00. The maximum absolute atomic E-state index is 3.78. The van der Waals surface area contributed by atoms with E-state index >= 15 is 0 Å². The first-order valence-electron chi connectivity index (χ1n) is 2.85. The Hall–Kier alpha value is -0.292. The van der Waals surface area contributed by atoms with Gasteiger partial charge < -0.3 is 0 Å². The fraction of sp³-hybridized carbons (Fsp3) is 0.286. The topological polar surface area (TPSA) is 12.9 Å². The van der Waals surface area contributed by atoms with Crippen molar-refractivity contribution in [1.29, 1.82) is 0 Å². The second kappa shape index (κ2) is 10.6. The molecule has 1 aromatic heterocycles. The number of rotatable bonds is 0. The van der Waals surface area contributed by atoms with E-state index in [1.54, 1.807) is 12.4 Å². The molecule has 1 nitrogen and oxygen atoms in total. The van der Waals surface area contributed by atoms with Crippen LogP contribution in [0.15, 0.2) is 30.6 Å². The molecule has 0 unspecified atom stereocenters. The Labute approximate surface area is 67.8 Å². The summed E-state index contributed by atoms with van der Waals surface area (Å²) in [6, 6.07) is 5.72. The molecule has 9 heavy (non-hydrogen) atoms. The molecule has 0 bridgehead atoms. The van der Waals surface area contributed by atoms with E-state index in [1.165, 1.54) is 0 Å². The molecule has 2 heteroatoms. The van der Waals surface area contributed by atoms with Crippen LogP contribution >= 0.6 is 0 Å². The third-order valence-corrected chi connectivity index (χ3v) is 0.566. The second-order valence-corrected chi connectivity index (χ2v) is 1.02. The molecule has 0 saturated heterocycles. The largest absolute Gasteiger partial charge is 0.265 e. The molecule has 0 spiro atoms. The average molecular weight is 184 g/mol. The van der Waals surface area contributed by atoms with Crippen molar-refractivity contribution in [1.82, 2.24) is 4.98 Å². The molecule has 1 aromatic rings. The summed E-state index contributed by atoms with van der Waals surface area (Å²) in [4.78, 5) is 3.78. The molecule has 0 aromatic carbocycles. The average Bonchev–Trinajstić information content (AvgIpc) is 1.96. The van der Waals surface area contributed by atoms with Crippen LogP contribution in [-0.2, 0) is 0 Å². The number of hydrogen-bond acceptors (Lipinski definition) is 1. The molecule has 0 aliphatic rings. The van der Waals surface area contributed by atoms with Crippen LogP contribution in [0.5, 0.6) is 0 Å². The molecule has 0 saturated carbocycles. The van der Waals surface area contributed by atoms with E-state index in [9.17, 15) is 0 Å². The molecule has 0 fully saturated rings. The summed E-state index contributed by atoms with van der Waals surface area (Å²) in [5.74, 6) is 0. The van der Waals surface area contributed by atoms with Crippen molar-refractivity contribution >= 4 is 18.0 Å². The van der Waals surface area contributed by atoms with E-state index in [0.29, 0.717) is 0 Å². The Morgan fingerprint density at radius 3 is 1.44 bits per heavy atom. The van der Waals surface area contributed by atoms with E-state index in [0.717, 1.165) is 0 Å². The Kier molecular flexibility index (Phi) is 13.6. The van der Waals surface area contributed by atoms with E-state index < -0.39 is 0 Å². The first kappa shape index (κ1) is 11.5. The first-order valence-corrected chi connectivity index (χ1v) is 2.85. The Balaban J connectivity index is 0. The van der Waals surface area contributed by atoms with Crippen LogP contribution in [0.1, 0.15) is 13.8 Å². The van der Waals surface area contributed by atoms with Crippen LogP contribution in [0.2, 0.25) is 0 Å². The summed E-state index contributed by atoms with van der Waals surface area (Å²) in [6.07, 6.45) is 3.50. The van der Waals surface area contributed by atoms with Crippen molar-refractivity contribution in [2.75, 3.05) is 0 Å². The zero-order valence-corrected chi connectivity index (χ0v) is 7.66. The van der Waals surface area contributed by atoms with Gasteiger partial charge >= 0.3 is 0 Å². The molecule has 49 valence electrons. The van der Waals surface area contributed by atoms with Gasteiger partial charge in [-0.3, -0.25) is 4.98 Å². The summed E-state index contributed by atoms with van der Waals surface area (Å²) in [5, 5.41) is 0. The van der Waals surface area contributed by atoms with Crippen molar-refractivity contribution < 1.29 is 0 Å². The van der Waals surface area contributed by atoms with Gasteiger partial charge in [0.25, 0.3) is 0 Å². The third-order valence-electron chi connectivity index (χ3n) is 0.566. The standard InChI is InChI=1S/C5H5N.C2H6.As/c1-2-4-6-5-3-1;1-2;/h1-5H;1-2H3;. The predicted octanol–water partition coefficient (Wildman–Crippen LogP) is 1.73. The Morgan fingerprint density at radius 2 is 1.33 bits per heavy atom. The summed E-state index contributed by atoms with van der Waals surface area (Å²) < 4.78 is 0. The molecule has 1 rings (SSSR count). The summed E-state index contributed by atoms with van der Waals surface area (Å²) >= 11 is 0. The van der Waals surface area contributed by atoms with Gasteiger partial charge in [0, 0.05) is 30.3 Å². The minimum absolute atomic E-state index is 0. The fourth-order valence-corrected chi connectivity index (χ4v) is 0.313. The number of nitrogens with zero attached hydrogens (tertiary/aromatic N) is 1. The molecular formula is C7H11AsN. The van der Waals surface area contributed by atoms with E-state index in [2.05, 4.69) is 4.98 Å². The maximum Gasteiger partial charge on any atom is 0.0267 e. The van der Waals surface area contributed by atoms with Crippen LogP contribution in [0, 0.1) is 0 Å². The molecular weight excluding hydrogens is 173 g/mol. The normalized spacial score (nSPS) is 6.00. The third kappa shape index (κ3) is 7.71. The predicted molar refractivity (Wildman–Crippen MR) is 41.3 cm³/mol. The van der Waals surface area contributed by atoms with Gasteiger partial charge in [-0.15, -0.1) is 0 Å². The SMILES string of the molecule is CC.[As].c1ccncc1. The Bertz CT molecular complexity index is 80.8. The van der Waals surface area contributed by atoms with Crippen molar-refractivity contribution in [3.63, 3.8) is 0 Å². The summed E-state index contributed by atoms with van der Waals surface area (Å²) in [5.41, 5.74) is 0. The molecule has 0 atom stereocenters. The van der Waals surface area contributed by atoms with Gasteiger partial charge in [-0.2, -0.15) is 0 Å². The second-order valence-electron chi connectivity index (χ2n) is 1.02. The molecule has 0 aliphatic heterocycles. The van der Waals surface area contributed by atoms with Gasteiger partial charge in [-0.05, 0) is 12.1 Å². The number of pyridine rings is 1. The molecule has 0 N–H and O–H groups in total. The monoisotopic (exact) mass is 184 g/mol. The van der Waals surface area contributed by atoms with Crippen molar-refractivity contribution in [2.45, 2.75) is 13.8 Å². The summed E-state index contributed by atoms with van der Waals surface area (Å²) in [7, 11) is 0. The van der Waals surface area contributed by atoms with Crippen LogP contribution in [-0.4, -0.2) is 22.9 Å². The van der Waals surface area contributed by atoms with Crippen molar-refractivity contribution in [2.24, 2.45) is 0 Å². The zero-order chi connectivity index (χ0) is 6.24. The number of aromatic nitrogens is 1. The quantitative estimate of drug-likeness (QED) is 0.559. The molecule has 1 heterocycles. The summed E-state index contributed by atoms with van der Waals surface area (Å²) in [6.45, 7) is 4.00. The van der Waals surface area contributed by atoms with Gasteiger partial charge in [0.05, 0.1) is 0 Å². The smallest absolute Gasteiger partial charge is 0.0267 e. The minimum Gasteiger partial charge on any atom is -0.265 e. The zero-order valence-electron chi connectivity index (χ0n) is 5.78. The molecule has 0 aliphatic carbocycles. The van der Waals surface area contributed by atoms with Crippen molar-refractivity contribution in [3.8, 4) is 0 Å². The van der Waals surface area contributed by atoms with Gasteiger partial charge in [0.15, 0.2) is 0 Å². The minimum atomic E-state index is 0. The van der Waals surface area contributed by atoms with E-state index in [-0.39, 0.29) is 18.0 Å². The van der Waals surface area contributed by atoms with Gasteiger partial charge in [-0.1, -0.05) is 19.9 Å².